The second kappa shape index (κ2) is 5.08. The third kappa shape index (κ3) is 2.54. The standard InChI is InChI=1S/C10H7Br2ClOS2/c1-4-2-6(15-9(4)12)8(14)7-3-5(11)10(13)16-7/h2-3,8,14H,1H3. The molecule has 0 aliphatic heterocycles. The fraction of sp³-hybridized carbons (Fsp3) is 0.200. The lowest BCUT2D eigenvalue weighted by Gasteiger charge is -2.04. The molecule has 0 spiro atoms. The van der Waals surface area contributed by atoms with Crippen LogP contribution in [0.1, 0.15) is 21.4 Å². The highest BCUT2D eigenvalue weighted by Crippen LogP contribution is 2.40. The molecule has 0 amide bonds. The smallest absolute Gasteiger partial charge is 0.122 e. The van der Waals surface area contributed by atoms with Crippen molar-refractivity contribution in [3.05, 3.63) is 40.0 Å². The molecule has 0 radical (unpaired) electrons. The van der Waals surface area contributed by atoms with E-state index >= 15 is 0 Å². The average Bonchev–Trinajstić information content (AvgIpc) is 2.72. The predicted octanol–water partition coefficient (Wildman–Crippen LogP) is 5.38. The van der Waals surface area contributed by atoms with E-state index in [1.807, 2.05) is 19.1 Å². The van der Waals surface area contributed by atoms with Crippen LogP contribution in [0.4, 0.5) is 0 Å². The van der Waals surface area contributed by atoms with Crippen molar-refractivity contribution < 1.29 is 5.11 Å². The minimum Gasteiger partial charge on any atom is -0.382 e. The zero-order valence-corrected chi connectivity index (χ0v) is 13.7. The van der Waals surface area contributed by atoms with Gasteiger partial charge in [-0.2, -0.15) is 0 Å². The van der Waals surface area contributed by atoms with Crippen molar-refractivity contribution in [3.63, 3.8) is 0 Å². The Balaban J connectivity index is 2.34. The van der Waals surface area contributed by atoms with Gasteiger partial charge in [-0.1, -0.05) is 11.6 Å². The Morgan fingerprint density at radius 3 is 2.31 bits per heavy atom. The summed E-state index contributed by atoms with van der Waals surface area (Å²) >= 11 is 15.7. The van der Waals surface area contributed by atoms with E-state index in [2.05, 4.69) is 31.9 Å². The summed E-state index contributed by atoms with van der Waals surface area (Å²) in [6, 6.07) is 3.85. The first-order chi connectivity index (χ1) is 7.49. The van der Waals surface area contributed by atoms with Crippen LogP contribution in [-0.4, -0.2) is 5.11 Å². The van der Waals surface area contributed by atoms with Gasteiger partial charge < -0.3 is 5.11 Å². The van der Waals surface area contributed by atoms with Crippen LogP contribution in [-0.2, 0) is 0 Å². The summed E-state index contributed by atoms with van der Waals surface area (Å²) in [4.78, 5) is 1.78. The van der Waals surface area contributed by atoms with Crippen LogP contribution in [0.15, 0.2) is 20.4 Å². The molecule has 0 fully saturated rings. The van der Waals surface area contributed by atoms with Gasteiger partial charge in [0.2, 0.25) is 0 Å². The van der Waals surface area contributed by atoms with Crippen molar-refractivity contribution in [2.24, 2.45) is 0 Å². The van der Waals surface area contributed by atoms with Crippen LogP contribution in [0, 0.1) is 6.92 Å². The summed E-state index contributed by atoms with van der Waals surface area (Å²) in [7, 11) is 0. The third-order valence-electron chi connectivity index (χ3n) is 2.08. The molecule has 0 aromatic carbocycles. The summed E-state index contributed by atoms with van der Waals surface area (Å²) in [6.45, 7) is 2.01. The molecule has 0 saturated heterocycles. The van der Waals surface area contributed by atoms with E-state index in [1.54, 1.807) is 11.3 Å². The number of hydrogen-bond donors (Lipinski definition) is 1. The molecule has 16 heavy (non-hydrogen) atoms. The molecule has 6 heteroatoms. The molecule has 86 valence electrons. The molecule has 2 heterocycles. The summed E-state index contributed by atoms with van der Waals surface area (Å²) < 4.78 is 2.56. The first-order valence-corrected chi connectivity index (χ1v) is 7.97. The van der Waals surface area contributed by atoms with Gasteiger partial charge in [0.05, 0.1) is 3.79 Å². The summed E-state index contributed by atoms with van der Waals surface area (Å²) in [5.74, 6) is 0. The van der Waals surface area contributed by atoms with Gasteiger partial charge in [0, 0.05) is 14.2 Å². The quantitative estimate of drug-likeness (QED) is 0.715. The van der Waals surface area contributed by atoms with Crippen molar-refractivity contribution in [1.82, 2.24) is 0 Å². The van der Waals surface area contributed by atoms with Crippen LogP contribution < -0.4 is 0 Å². The number of halogens is 3. The molecule has 1 nitrogen and oxygen atoms in total. The van der Waals surface area contributed by atoms with Crippen LogP contribution in [0.3, 0.4) is 0 Å². The summed E-state index contributed by atoms with van der Waals surface area (Å²) in [6.07, 6.45) is -0.594. The van der Waals surface area contributed by atoms with Gasteiger partial charge >= 0.3 is 0 Å². The first-order valence-electron chi connectivity index (χ1n) is 4.37. The molecular weight excluding hydrogens is 396 g/mol. The third-order valence-corrected chi connectivity index (χ3v) is 6.80. The molecule has 0 aliphatic rings. The molecule has 0 bridgehead atoms. The van der Waals surface area contributed by atoms with E-state index in [4.69, 9.17) is 11.6 Å². The number of thiophene rings is 2. The molecule has 2 aromatic rings. The van der Waals surface area contributed by atoms with Crippen molar-refractivity contribution in [3.8, 4) is 0 Å². The molecular formula is C10H7Br2ClOS2. The molecule has 2 rings (SSSR count). The maximum atomic E-state index is 10.2. The number of rotatable bonds is 2. The van der Waals surface area contributed by atoms with Gasteiger partial charge in [-0.25, -0.2) is 0 Å². The highest BCUT2D eigenvalue weighted by Gasteiger charge is 2.18. The van der Waals surface area contributed by atoms with Crippen molar-refractivity contribution in [2.75, 3.05) is 0 Å². The van der Waals surface area contributed by atoms with Crippen molar-refractivity contribution in [1.29, 1.82) is 0 Å². The van der Waals surface area contributed by atoms with Gasteiger partial charge in [0.15, 0.2) is 0 Å². The molecule has 0 aliphatic carbocycles. The number of hydrogen-bond acceptors (Lipinski definition) is 3. The van der Waals surface area contributed by atoms with Crippen LogP contribution >= 0.6 is 66.1 Å². The molecule has 1 unspecified atom stereocenters. The second-order valence-corrected chi connectivity index (χ2v) is 8.22. The molecule has 2 aromatic heterocycles. The lowest BCUT2D eigenvalue weighted by Crippen LogP contribution is -1.92. The zero-order chi connectivity index (χ0) is 11.9. The van der Waals surface area contributed by atoms with Crippen LogP contribution in [0.2, 0.25) is 4.34 Å². The maximum Gasteiger partial charge on any atom is 0.122 e. The Labute approximate surface area is 123 Å². The van der Waals surface area contributed by atoms with Gasteiger partial charge in [0.25, 0.3) is 0 Å². The fourth-order valence-corrected chi connectivity index (χ4v) is 4.65. The normalized spacial score (nSPS) is 13.1. The molecule has 0 saturated carbocycles. The van der Waals surface area contributed by atoms with Gasteiger partial charge in [-0.3, -0.25) is 0 Å². The maximum absolute atomic E-state index is 10.2. The Kier molecular flexibility index (Phi) is 4.14. The van der Waals surface area contributed by atoms with E-state index < -0.39 is 6.10 Å². The van der Waals surface area contributed by atoms with E-state index in [-0.39, 0.29) is 0 Å². The van der Waals surface area contributed by atoms with Crippen LogP contribution in [0.25, 0.3) is 0 Å². The predicted molar refractivity (Wildman–Crippen MR) is 77.8 cm³/mol. The minimum absolute atomic E-state index is 0.594. The topological polar surface area (TPSA) is 20.2 Å². The SMILES string of the molecule is Cc1cc(C(O)c2cc(Br)c(Cl)s2)sc1Br. The minimum atomic E-state index is -0.594. The molecule has 1 atom stereocenters. The Morgan fingerprint density at radius 2 is 1.88 bits per heavy atom. The van der Waals surface area contributed by atoms with Crippen molar-refractivity contribution in [2.45, 2.75) is 13.0 Å². The Bertz CT molecular complexity index is 436. The lowest BCUT2D eigenvalue weighted by molar-refractivity contribution is 0.228. The van der Waals surface area contributed by atoms with Gasteiger partial charge in [-0.15, -0.1) is 22.7 Å². The van der Waals surface area contributed by atoms with Crippen LogP contribution in [0.5, 0.6) is 0 Å². The van der Waals surface area contributed by atoms with E-state index in [1.165, 1.54) is 11.3 Å². The zero-order valence-electron chi connectivity index (χ0n) is 8.13. The highest BCUT2D eigenvalue weighted by molar-refractivity contribution is 9.11. The van der Waals surface area contributed by atoms with E-state index in [0.717, 1.165) is 23.6 Å². The number of aryl methyl sites for hydroxylation is 1. The second-order valence-electron chi connectivity index (χ2n) is 3.28. The molecule has 1 N–H and O–H groups in total. The van der Waals surface area contributed by atoms with Gasteiger partial charge in [0.1, 0.15) is 10.4 Å². The Hall–Kier alpha value is 0.610. The largest absolute Gasteiger partial charge is 0.382 e. The fourth-order valence-electron chi connectivity index (χ4n) is 1.26. The monoisotopic (exact) mass is 400 g/mol. The summed E-state index contributed by atoms with van der Waals surface area (Å²) in [5.41, 5.74) is 1.14. The number of aliphatic hydroxyl groups is 1. The van der Waals surface area contributed by atoms with E-state index in [0.29, 0.717) is 4.34 Å². The Morgan fingerprint density at radius 1 is 1.25 bits per heavy atom. The lowest BCUT2D eigenvalue weighted by atomic mass is 10.2. The number of aliphatic hydroxyl groups excluding tert-OH is 1. The van der Waals surface area contributed by atoms with Crippen molar-refractivity contribution >= 4 is 66.1 Å². The first kappa shape index (κ1) is 13.1. The van der Waals surface area contributed by atoms with Gasteiger partial charge in [-0.05, 0) is 56.5 Å². The van der Waals surface area contributed by atoms with E-state index in [9.17, 15) is 5.11 Å². The summed E-state index contributed by atoms with van der Waals surface area (Å²) in [5, 5.41) is 10.2. The highest BCUT2D eigenvalue weighted by atomic mass is 79.9. The average molecular weight is 403 g/mol.